The number of aromatic nitrogens is 2. The first-order valence-electron chi connectivity index (χ1n) is 6.51. The van der Waals surface area contributed by atoms with Gasteiger partial charge < -0.3 is 9.47 Å². The Morgan fingerprint density at radius 1 is 1.30 bits per heavy atom. The summed E-state index contributed by atoms with van der Waals surface area (Å²) in [5.41, 5.74) is 2.05. The van der Waals surface area contributed by atoms with Crippen molar-refractivity contribution in [3.8, 4) is 5.75 Å². The van der Waals surface area contributed by atoms with Gasteiger partial charge in [-0.15, -0.1) is 0 Å². The van der Waals surface area contributed by atoms with Gasteiger partial charge in [-0.3, -0.25) is 4.68 Å². The van der Waals surface area contributed by atoms with E-state index >= 15 is 0 Å². The highest BCUT2D eigenvalue weighted by Crippen LogP contribution is 2.24. The summed E-state index contributed by atoms with van der Waals surface area (Å²) in [6, 6.07) is 9.77. The fourth-order valence-electron chi connectivity index (χ4n) is 1.97. The van der Waals surface area contributed by atoms with E-state index in [1.807, 2.05) is 37.3 Å². The first-order valence-corrected chi connectivity index (χ1v) is 6.51. The number of ether oxygens (including phenoxy) is 2. The summed E-state index contributed by atoms with van der Waals surface area (Å²) in [5.74, 6) is 0.0634. The van der Waals surface area contributed by atoms with E-state index in [-0.39, 0.29) is 0 Å². The third-order valence-electron chi connectivity index (χ3n) is 2.86. The minimum Gasteiger partial charge on any atom is -0.484 e. The van der Waals surface area contributed by atoms with Crippen molar-refractivity contribution in [2.75, 3.05) is 6.61 Å². The van der Waals surface area contributed by atoms with Crippen LogP contribution >= 0.6 is 0 Å². The molecule has 2 rings (SSSR count). The number of aryl methyl sites for hydroxylation is 2. The maximum absolute atomic E-state index is 11.9. The summed E-state index contributed by atoms with van der Waals surface area (Å²) < 4.78 is 12.3. The molecule has 0 spiro atoms. The molecule has 20 heavy (non-hydrogen) atoms. The molecule has 0 aliphatic heterocycles. The van der Waals surface area contributed by atoms with E-state index in [0.29, 0.717) is 30.4 Å². The van der Waals surface area contributed by atoms with E-state index in [4.69, 9.17) is 9.47 Å². The van der Waals surface area contributed by atoms with Crippen LogP contribution in [-0.2, 0) is 18.4 Å². The number of rotatable bonds is 5. The van der Waals surface area contributed by atoms with Gasteiger partial charge in [-0.05, 0) is 19.4 Å². The summed E-state index contributed by atoms with van der Waals surface area (Å²) in [4.78, 5) is 11.9. The zero-order valence-corrected chi connectivity index (χ0v) is 11.9. The van der Waals surface area contributed by atoms with Gasteiger partial charge in [0.2, 0.25) is 0 Å². The Balaban J connectivity index is 2.20. The van der Waals surface area contributed by atoms with Gasteiger partial charge in [0.1, 0.15) is 12.3 Å². The molecule has 1 aromatic heterocycles. The van der Waals surface area contributed by atoms with Crippen molar-refractivity contribution in [1.82, 2.24) is 9.78 Å². The molecule has 2 aromatic rings. The second-order valence-electron chi connectivity index (χ2n) is 4.38. The molecule has 0 saturated carbocycles. The second kappa shape index (κ2) is 6.23. The maximum atomic E-state index is 11.9. The van der Waals surface area contributed by atoms with Crippen LogP contribution in [0.3, 0.4) is 0 Å². The lowest BCUT2D eigenvalue weighted by Gasteiger charge is -2.08. The van der Waals surface area contributed by atoms with E-state index in [1.165, 1.54) is 4.68 Å². The average Bonchev–Trinajstić information content (AvgIpc) is 2.72. The van der Waals surface area contributed by atoms with Crippen LogP contribution in [0.25, 0.3) is 0 Å². The molecule has 1 aromatic carbocycles. The fraction of sp³-hybridized carbons (Fsp3) is 0.333. The summed E-state index contributed by atoms with van der Waals surface area (Å²) >= 11 is 0. The van der Waals surface area contributed by atoms with E-state index in [1.54, 1.807) is 14.0 Å². The molecule has 0 unspecified atom stereocenters. The molecule has 0 bridgehead atoms. The van der Waals surface area contributed by atoms with Crippen molar-refractivity contribution in [2.45, 2.75) is 20.5 Å². The Kier molecular flexibility index (Phi) is 4.40. The van der Waals surface area contributed by atoms with Gasteiger partial charge >= 0.3 is 5.97 Å². The molecular formula is C15H18N2O3. The molecule has 0 aliphatic carbocycles. The summed E-state index contributed by atoms with van der Waals surface area (Å²) in [5, 5.41) is 4.22. The topological polar surface area (TPSA) is 53.4 Å². The van der Waals surface area contributed by atoms with E-state index in [9.17, 15) is 4.79 Å². The van der Waals surface area contributed by atoms with E-state index in [0.717, 1.165) is 5.56 Å². The predicted molar refractivity (Wildman–Crippen MR) is 74.7 cm³/mol. The van der Waals surface area contributed by atoms with Crippen LogP contribution in [0.4, 0.5) is 0 Å². The number of benzene rings is 1. The number of carbonyl (C=O) groups is 1. The smallest absolute Gasteiger partial charge is 0.360 e. The normalized spacial score (nSPS) is 10.3. The predicted octanol–water partition coefficient (Wildman–Crippen LogP) is 2.48. The van der Waals surface area contributed by atoms with Crippen LogP contribution < -0.4 is 4.74 Å². The molecule has 106 valence electrons. The van der Waals surface area contributed by atoms with Crippen molar-refractivity contribution < 1.29 is 14.3 Å². The van der Waals surface area contributed by atoms with Crippen LogP contribution in [0, 0.1) is 6.92 Å². The Morgan fingerprint density at radius 2 is 2.00 bits per heavy atom. The van der Waals surface area contributed by atoms with Crippen molar-refractivity contribution in [2.24, 2.45) is 7.05 Å². The molecule has 5 heteroatoms. The average molecular weight is 274 g/mol. The van der Waals surface area contributed by atoms with E-state index in [2.05, 4.69) is 5.10 Å². The molecule has 5 nitrogen and oxygen atoms in total. The van der Waals surface area contributed by atoms with Crippen LogP contribution in [0.5, 0.6) is 5.75 Å². The van der Waals surface area contributed by atoms with Crippen molar-refractivity contribution in [3.05, 3.63) is 47.3 Å². The van der Waals surface area contributed by atoms with Gasteiger partial charge in [0.25, 0.3) is 0 Å². The summed E-state index contributed by atoms with van der Waals surface area (Å²) in [7, 11) is 1.70. The minimum absolute atomic E-state index is 0.321. The van der Waals surface area contributed by atoms with Gasteiger partial charge in [-0.25, -0.2) is 4.79 Å². The van der Waals surface area contributed by atoms with Gasteiger partial charge in [-0.2, -0.15) is 5.10 Å². The number of esters is 1. The Labute approximate surface area is 118 Å². The molecule has 0 amide bonds. The highest BCUT2D eigenvalue weighted by Gasteiger charge is 2.22. The highest BCUT2D eigenvalue weighted by molar-refractivity contribution is 5.91. The van der Waals surface area contributed by atoms with Crippen molar-refractivity contribution in [1.29, 1.82) is 0 Å². The third kappa shape index (κ3) is 2.99. The molecule has 0 atom stereocenters. The number of hydrogen-bond acceptors (Lipinski definition) is 4. The first-order chi connectivity index (χ1) is 9.63. The molecule has 0 N–H and O–H groups in total. The fourth-order valence-corrected chi connectivity index (χ4v) is 1.97. The second-order valence-corrected chi connectivity index (χ2v) is 4.38. The minimum atomic E-state index is -0.418. The maximum Gasteiger partial charge on any atom is 0.360 e. The largest absolute Gasteiger partial charge is 0.484 e. The van der Waals surface area contributed by atoms with E-state index < -0.39 is 5.97 Å². The Bertz CT molecular complexity index is 591. The zero-order chi connectivity index (χ0) is 14.5. The molecule has 1 heterocycles. The molecule has 0 aliphatic rings. The lowest BCUT2D eigenvalue weighted by atomic mass is 10.2. The van der Waals surface area contributed by atoms with Gasteiger partial charge in [0.05, 0.1) is 6.61 Å². The zero-order valence-electron chi connectivity index (χ0n) is 11.9. The van der Waals surface area contributed by atoms with Crippen LogP contribution in [0.15, 0.2) is 30.3 Å². The quantitative estimate of drug-likeness (QED) is 0.786. The molecule has 0 saturated heterocycles. The first kappa shape index (κ1) is 14.1. The van der Waals surface area contributed by atoms with Crippen LogP contribution in [0.1, 0.15) is 28.7 Å². The van der Waals surface area contributed by atoms with Gasteiger partial charge in [0.15, 0.2) is 11.4 Å². The molecular weight excluding hydrogens is 256 g/mol. The lowest BCUT2D eigenvalue weighted by molar-refractivity contribution is 0.0508. The van der Waals surface area contributed by atoms with Crippen LogP contribution in [0.2, 0.25) is 0 Å². The van der Waals surface area contributed by atoms with Gasteiger partial charge in [0, 0.05) is 7.05 Å². The number of carbonyl (C=O) groups excluding carboxylic acids is 1. The molecule has 0 fully saturated rings. The summed E-state index contributed by atoms with van der Waals surface area (Å²) in [6.07, 6.45) is 0. The summed E-state index contributed by atoms with van der Waals surface area (Å²) in [6.45, 7) is 4.29. The van der Waals surface area contributed by atoms with Gasteiger partial charge in [-0.1, -0.05) is 30.3 Å². The van der Waals surface area contributed by atoms with Crippen LogP contribution in [-0.4, -0.2) is 22.4 Å². The molecule has 0 radical (unpaired) electrons. The lowest BCUT2D eigenvalue weighted by Crippen LogP contribution is -2.12. The number of hydrogen-bond donors (Lipinski definition) is 0. The monoisotopic (exact) mass is 274 g/mol. The Hall–Kier alpha value is -2.30. The highest BCUT2D eigenvalue weighted by atomic mass is 16.5. The SMILES string of the molecule is CCOC(=O)c1c(OCc2ccccc2)c(C)nn1C. The number of nitrogens with zero attached hydrogens (tertiary/aromatic N) is 2. The van der Waals surface area contributed by atoms with Crippen molar-refractivity contribution >= 4 is 5.97 Å². The standard InChI is InChI=1S/C15H18N2O3/c1-4-19-15(18)13-14(11(2)16-17(13)3)20-10-12-8-6-5-7-9-12/h5-9H,4,10H2,1-3H3. The Morgan fingerprint density at radius 3 is 2.65 bits per heavy atom. The van der Waals surface area contributed by atoms with Crippen molar-refractivity contribution in [3.63, 3.8) is 0 Å². The third-order valence-corrected chi connectivity index (χ3v) is 2.86.